The van der Waals surface area contributed by atoms with Gasteiger partial charge in [-0.25, -0.2) is 29.0 Å². The number of urea groups is 1. The van der Waals surface area contributed by atoms with Gasteiger partial charge in [-0.1, -0.05) is 159 Å². The van der Waals surface area contributed by atoms with Crippen molar-refractivity contribution in [2.75, 3.05) is 160 Å². The van der Waals surface area contributed by atoms with Crippen LogP contribution in [0.1, 0.15) is 180 Å². The van der Waals surface area contributed by atoms with E-state index in [2.05, 4.69) is 53.4 Å². The second-order valence-corrected chi connectivity index (χ2v) is 36.1. The molecule has 0 aliphatic heterocycles. The fourth-order valence-electron chi connectivity index (χ4n) is 16.2. The summed E-state index contributed by atoms with van der Waals surface area (Å²) >= 11 is 1.47. The maximum atomic E-state index is 15.0. The number of rotatable bonds is 75. The Balaban J connectivity index is 0.918. The number of primary amides is 1. The van der Waals surface area contributed by atoms with Crippen LogP contribution in [0.15, 0.2) is 78.3 Å². The van der Waals surface area contributed by atoms with Crippen molar-refractivity contribution in [3.63, 3.8) is 0 Å². The summed E-state index contributed by atoms with van der Waals surface area (Å²) in [5.74, 6) is -2.58. The van der Waals surface area contributed by atoms with Crippen LogP contribution in [0.3, 0.4) is 0 Å². The van der Waals surface area contributed by atoms with Gasteiger partial charge in [-0.15, -0.1) is 5.10 Å². The molecule has 37 nitrogen and oxygen atoms in total. The number of carboxylic acid groups (broad SMARTS) is 1. The van der Waals surface area contributed by atoms with Gasteiger partial charge in [0.25, 0.3) is 0 Å². The lowest BCUT2D eigenvalue weighted by molar-refractivity contribution is -0.147. The van der Waals surface area contributed by atoms with Gasteiger partial charge in [-0.05, 0) is 91.1 Å². The van der Waals surface area contributed by atoms with Gasteiger partial charge in [-0.3, -0.25) is 43.2 Å². The molecule has 1 aliphatic carbocycles. The summed E-state index contributed by atoms with van der Waals surface area (Å²) in [5, 5.41) is 29.9. The van der Waals surface area contributed by atoms with E-state index in [9.17, 15) is 62.6 Å². The van der Waals surface area contributed by atoms with Crippen molar-refractivity contribution in [1.29, 1.82) is 0 Å². The maximum Gasteiger partial charge on any atom is 0.410 e. The molecule has 2 aromatic carbocycles. The van der Waals surface area contributed by atoms with E-state index in [0.717, 1.165) is 11.1 Å². The lowest BCUT2D eigenvalue weighted by Gasteiger charge is -2.40. The van der Waals surface area contributed by atoms with Crippen LogP contribution < -0.4 is 27.0 Å². The fraction of sp³-hybridized carbons (Fsp3) is 0.677. The molecule has 38 heteroatoms. The number of ether oxygens (including phenoxy) is 12. The van der Waals surface area contributed by atoms with Crippen molar-refractivity contribution in [3.05, 3.63) is 101 Å². The maximum absolute atomic E-state index is 15.0. The number of carboxylic acids is 1. The Morgan fingerprint density at radius 3 is 1.74 bits per heavy atom. The molecule has 2 aromatic heterocycles. The number of aliphatic carboxylic acids is 1. The number of thioether (sulfide) groups is 1. The number of ketones is 5. The van der Waals surface area contributed by atoms with Gasteiger partial charge >= 0.3 is 18.1 Å². The molecule has 7 amide bonds. The zero-order valence-electron chi connectivity index (χ0n) is 82.8. The summed E-state index contributed by atoms with van der Waals surface area (Å²) in [5.41, 5.74) is 8.59. The van der Waals surface area contributed by atoms with Gasteiger partial charge in [0.15, 0.2) is 28.3 Å². The molecule has 1 fully saturated rings. The highest BCUT2D eigenvalue weighted by molar-refractivity contribution is 7.98. The van der Waals surface area contributed by atoms with E-state index in [-0.39, 0.29) is 136 Å². The van der Waals surface area contributed by atoms with Crippen LogP contribution in [0.25, 0.3) is 0 Å². The van der Waals surface area contributed by atoms with Crippen LogP contribution in [0.2, 0.25) is 0 Å². The first-order valence-electron chi connectivity index (χ1n) is 47.8. The van der Waals surface area contributed by atoms with Crippen LogP contribution in [0.5, 0.6) is 0 Å². The minimum absolute atomic E-state index is 0.0476. The Labute approximate surface area is 812 Å². The Kier molecular flexibility index (Phi) is 58.2. The van der Waals surface area contributed by atoms with Gasteiger partial charge in [0, 0.05) is 123 Å². The third-order valence-electron chi connectivity index (χ3n) is 24.0. The Bertz CT molecular complexity index is 4310. The number of unbranched alkanes of at least 4 members (excludes halogenated alkanes) is 1. The zero-order chi connectivity index (χ0) is 100. The molecular formula is C99H152N12O25S. The Hall–Kier alpha value is -9.63. The van der Waals surface area contributed by atoms with E-state index in [0.29, 0.717) is 186 Å². The topological polar surface area (TPSA) is 473 Å². The molecule has 137 heavy (non-hydrogen) atoms. The normalized spacial score (nSPS) is 15.3. The molecule has 5 rings (SSSR count). The molecule has 1 unspecified atom stereocenters. The molecule has 4 aromatic rings. The lowest BCUT2D eigenvalue weighted by atomic mass is 9.79. The average molecular weight is 1940 g/mol. The highest BCUT2D eigenvalue weighted by atomic mass is 32.2. The summed E-state index contributed by atoms with van der Waals surface area (Å²) in [6.07, 6.45) is 9.35. The van der Waals surface area contributed by atoms with Gasteiger partial charge in [-0.2, -0.15) is 0 Å². The van der Waals surface area contributed by atoms with Gasteiger partial charge in [0.05, 0.1) is 160 Å². The van der Waals surface area contributed by atoms with Crippen molar-refractivity contribution in [2.45, 2.75) is 226 Å². The number of hydrogen-bond acceptors (Lipinski definition) is 29. The molecule has 0 bridgehead atoms. The third kappa shape index (κ3) is 45.9. The SMILES string of the molecule is CC[C@H](C)[C@@H]([C@@H](CC(=O)C1CCC[C@H]1[C@H](OC)[C@@H](C)C(=O)N[C@@H](Cc1ccccc1)C(=O)O)OC)N(C)C(=O)[C@@H](CC(=O)[C@H](C(C)C)N(C)C(=O)OCc1ccc(CC(=O)[C@H](CCCNC(N)=O)NC(=O)[C@@H](CC(=O)COCC(=O)CCCOCCOCCOCCOCCOCCOCCOCCOCCn2cc(CNC(=O)CCCC#Cc3cnc(SC)nc3)nn2)C(C)C)cc1)C(C)C. The Morgan fingerprint density at radius 1 is 0.606 bits per heavy atom. The smallest absolute Gasteiger partial charge is 0.410 e. The molecule has 764 valence electrons. The number of carbonyl (C=O) groups excluding carboxylic acids is 11. The van der Waals surface area contributed by atoms with Crippen molar-refractivity contribution in [3.8, 4) is 11.8 Å². The summed E-state index contributed by atoms with van der Waals surface area (Å²) in [7, 11) is 6.14. The first-order chi connectivity index (χ1) is 65.8. The molecule has 0 spiro atoms. The van der Waals surface area contributed by atoms with Gasteiger partial charge < -0.3 is 98.7 Å². The molecule has 1 saturated carbocycles. The molecule has 7 N–H and O–H groups in total. The largest absolute Gasteiger partial charge is 0.480 e. The number of methoxy groups -OCH3 is 2. The van der Waals surface area contributed by atoms with Crippen LogP contribution in [-0.2, 0) is 137 Å². The van der Waals surface area contributed by atoms with Crippen molar-refractivity contribution < 1.29 is 119 Å². The minimum Gasteiger partial charge on any atom is -0.480 e. The summed E-state index contributed by atoms with van der Waals surface area (Å²) < 4.78 is 69.7. The molecule has 1 aliphatic rings. The predicted molar refractivity (Wildman–Crippen MR) is 511 cm³/mol. The van der Waals surface area contributed by atoms with E-state index in [1.54, 1.807) is 118 Å². The average Bonchev–Trinajstić information content (AvgIpc) is 1.79. The number of likely N-dealkylation sites (N-methyl/N-ethyl adjacent to an activating group) is 2. The molecule has 2 heterocycles. The van der Waals surface area contributed by atoms with Gasteiger partial charge in [0.2, 0.25) is 23.6 Å². The molecule has 0 radical (unpaired) electrons. The number of hydrogen-bond donors (Lipinski definition) is 6. The molecule has 0 saturated heterocycles. The number of nitrogens with zero attached hydrogens (tertiary/aromatic N) is 7. The second-order valence-electron chi connectivity index (χ2n) is 35.4. The van der Waals surface area contributed by atoms with Crippen molar-refractivity contribution in [1.82, 2.24) is 56.0 Å². The highest BCUT2D eigenvalue weighted by Gasteiger charge is 2.46. The number of Topliss-reactive ketones (excluding diaryl/α,β-unsaturated/α-hetero) is 5. The van der Waals surface area contributed by atoms with Crippen molar-refractivity contribution in [2.24, 2.45) is 59.0 Å². The number of carbonyl (C=O) groups is 12. The lowest BCUT2D eigenvalue weighted by Crippen LogP contribution is -2.53. The van der Waals surface area contributed by atoms with Crippen LogP contribution >= 0.6 is 11.8 Å². The predicted octanol–water partition coefficient (Wildman–Crippen LogP) is 8.65. The fourth-order valence-corrected chi connectivity index (χ4v) is 16.5. The van der Waals surface area contributed by atoms with E-state index in [1.165, 1.54) is 37.9 Å². The summed E-state index contributed by atoms with van der Waals surface area (Å²) in [6, 6.07) is 11.2. The van der Waals surface area contributed by atoms with E-state index in [1.807, 2.05) is 40.0 Å². The Morgan fingerprint density at radius 2 is 1.18 bits per heavy atom. The van der Waals surface area contributed by atoms with Gasteiger partial charge in [0.1, 0.15) is 37.3 Å². The van der Waals surface area contributed by atoms with E-state index in [4.69, 9.17) is 62.6 Å². The highest BCUT2D eigenvalue weighted by Crippen LogP contribution is 2.40. The first-order valence-corrected chi connectivity index (χ1v) is 49.1. The van der Waals surface area contributed by atoms with E-state index >= 15 is 0 Å². The monoisotopic (exact) mass is 1940 g/mol. The summed E-state index contributed by atoms with van der Waals surface area (Å²) in [4.78, 5) is 173. The summed E-state index contributed by atoms with van der Waals surface area (Å²) in [6.45, 7) is 22.8. The van der Waals surface area contributed by atoms with E-state index < -0.39 is 108 Å². The number of benzene rings is 2. The quantitative estimate of drug-likeness (QED) is 0.0104. The first kappa shape index (κ1) is 118. The van der Waals surface area contributed by atoms with Crippen molar-refractivity contribution >= 4 is 82.4 Å². The number of nitrogens with one attached hydrogen (secondary N) is 4. The van der Waals surface area contributed by atoms with Crippen LogP contribution in [0, 0.1) is 65.1 Å². The molecule has 12 atom stereocenters. The zero-order valence-corrected chi connectivity index (χ0v) is 83.6. The third-order valence-corrected chi connectivity index (χ3v) is 24.5. The van der Waals surface area contributed by atoms with Crippen LogP contribution in [0.4, 0.5) is 9.59 Å². The minimum atomic E-state index is -1.18. The number of nitrogens with two attached hydrogens (primary N) is 1. The second kappa shape index (κ2) is 67.6. The number of aromatic nitrogens is 5. The number of amides is 7. The standard InChI is InChI=1S/C99H152N12O25S/c1-15-70(8)91(88(125-12)59-85(114)79-29-22-30-80(79)92(126-13)71(9)93(118)106-84(96(121)122)55-72-25-18-16-19-26-72)109(10)95(120)82(68(4)5)58-87(116)90(69(6)7)110(11)99(124)136-64-74-35-33-73(34-36-74)56-86(115)83(31-23-37-101-97(100)123)105-94(119)81(67(2)3)57-78(113)66-135-65-77(112)28-24-39-127-41-43-129-45-47-131-49-51-133-53-54-134-52-50-132-48-46-130-44-42-128-40-38-111-63-76(107-108-111)62-102-89(117)32-21-17-20-27-75-60-103-98(137-14)104-61-75/h16,18-19,25-26,33-36,60-61,63,67-71,79-84,88,90-92H,15,17,21-24,28-32,37-59,62,64-66H2,1-14H3,(H,102,117)(H,105,119)(H,106,118)(H,121,122)(H3,100,101,123)/t70-,71+,79?,80+,81-,82-,83-,84-,88+,90-,91-,92+/m0/s1. The molecular weight excluding hydrogens is 1790 g/mol. The van der Waals surface area contributed by atoms with Crippen LogP contribution in [-0.4, -0.2) is 307 Å².